The Balaban J connectivity index is 1.67. The molecule has 0 fully saturated rings. The SMILES string of the molecule is FCn1cnc(-c2ccc(F)cc2)c1-c1ccnc(NCc2ccccn2)n1. The van der Waals surface area contributed by atoms with E-state index in [2.05, 4.69) is 25.3 Å². The third-order valence-electron chi connectivity index (χ3n) is 4.14. The van der Waals surface area contributed by atoms with Crippen molar-refractivity contribution in [2.24, 2.45) is 0 Å². The number of pyridine rings is 1. The van der Waals surface area contributed by atoms with Gasteiger partial charge in [-0.25, -0.2) is 23.7 Å². The Morgan fingerprint density at radius 2 is 1.79 bits per heavy atom. The fourth-order valence-corrected chi connectivity index (χ4v) is 2.81. The van der Waals surface area contributed by atoms with Crippen molar-refractivity contribution in [3.8, 4) is 22.6 Å². The topological polar surface area (TPSA) is 68.5 Å². The van der Waals surface area contributed by atoms with Crippen LogP contribution in [0.4, 0.5) is 14.7 Å². The Morgan fingerprint density at radius 3 is 2.54 bits per heavy atom. The van der Waals surface area contributed by atoms with Gasteiger partial charge in [0.05, 0.1) is 35.6 Å². The molecule has 0 atom stereocenters. The summed E-state index contributed by atoms with van der Waals surface area (Å²) in [7, 11) is 0. The first kappa shape index (κ1) is 17.7. The molecule has 0 aliphatic rings. The molecule has 3 aromatic heterocycles. The van der Waals surface area contributed by atoms with E-state index in [1.54, 1.807) is 30.6 Å². The number of nitrogens with zero attached hydrogens (tertiary/aromatic N) is 5. The van der Waals surface area contributed by atoms with Crippen LogP contribution >= 0.6 is 0 Å². The highest BCUT2D eigenvalue weighted by molar-refractivity contribution is 5.77. The normalized spacial score (nSPS) is 10.8. The molecule has 6 nitrogen and oxygen atoms in total. The molecule has 0 unspecified atom stereocenters. The van der Waals surface area contributed by atoms with Crippen molar-refractivity contribution in [3.05, 3.63) is 78.8 Å². The molecule has 4 rings (SSSR count). The summed E-state index contributed by atoms with van der Waals surface area (Å²) in [4.78, 5) is 17.2. The van der Waals surface area contributed by atoms with E-state index in [0.29, 0.717) is 35.1 Å². The minimum absolute atomic E-state index is 0.349. The van der Waals surface area contributed by atoms with Crippen molar-refractivity contribution in [2.45, 2.75) is 13.3 Å². The van der Waals surface area contributed by atoms with Crippen LogP contribution in [0.3, 0.4) is 0 Å². The van der Waals surface area contributed by atoms with E-state index in [4.69, 9.17) is 0 Å². The summed E-state index contributed by atoms with van der Waals surface area (Å²) in [5.74, 6) is 0.0399. The molecule has 0 aliphatic heterocycles. The van der Waals surface area contributed by atoms with Crippen molar-refractivity contribution in [1.82, 2.24) is 24.5 Å². The maximum atomic E-state index is 13.5. The molecule has 0 aliphatic carbocycles. The van der Waals surface area contributed by atoms with Crippen LogP contribution in [0.2, 0.25) is 0 Å². The van der Waals surface area contributed by atoms with Crippen molar-refractivity contribution in [3.63, 3.8) is 0 Å². The van der Waals surface area contributed by atoms with E-state index in [0.717, 1.165) is 5.69 Å². The Kier molecular flexibility index (Phi) is 5.01. The standard InChI is InChI=1S/C20H16F2N6/c21-12-28-13-26-18(14-4-6-15(22)7-5-14)19(28)17-8-10-24-20(27-17)25-11-16-3-1-2-9-23-16/h1-10,13H,11-12H2,(H,24,25,27). The van der Waals surface area contributed by atoms with E-state index < -0.39 is 6.80 Å². The second-order valence-electron chi connectivity index (χ2n) is 5.98. The predicted molar refractivity (Wildman–Crippen MR) is 101 cm³/mol. The molecule has 1 aromatic carbocycles. The molecule has 140 valence electrons. The van der Waals surface area contributed by atoms with Gasteiger partial charge in [-0.3, -0.25) is 9.55 Å². The number of imidazole rings is 1. The zero-order valence-electron chi connectivity index (χ0n) is 14.8. The monoisotopic (exact) mass is 378 g/mol. The van der Waals surface area contributed by atoms with E-state index >= 15 is 0 Å². The maximum absolute atomic E-state index is 13.5. The lowest BCUT2D eigenvalue weighted by Gasteiger charge is -2.09. The fraction of sp³-hybridized carbons (Fsp3) is 0.100. The van der Waals surface area contributed by atoms with Crippen LogP contribution in [-0.2, 0) is 13.3 Å². The molecule has 8 heteroatoms. The molecule has 0 saturated carbocycles. The van der Waals surface area contributed by atoms with Gasteiger partial charge in [0.15, 0.2) is 6.80 Å². The third-order valence-corrected chi connectivity index (χ3v) is 4.14. The summed E-state index contributed by atoms with van der Waals surface area (Å²) in [6.45, 7) is -0.304. The van der Waals surface area contributed by atoms with Gasteiger partial charge >= 0.3 is 0 Å². The third kappa shape index (κ3) is 3.71. The van der Waals surface area contributed by atoms with Crippen LogP contribution in [0.1, 0.15) is 5.69 Å². The molecular weight excluding hydrogens is 362 g/mol. The summed E-state index contributed by atoms with van der Waals surface area (Å²) in [5, 5.41) is 3.11. The molecular formula is C20H16F2N6. The van der Waals surface area contributed by atoms with Crippen LogP contribution < -0.4 is 5.32 Å². The van der Waals surface area contributed by atoms with Gasteiger partial charge < -0.3 is 5.32 Å². The van der Waals surface area contributed by atoms with E-state index in [1.165, 1.54) is 23.0 Å². The molecule has 0 amide bonds. The lowest BCUT2D eigenvalue weighted by molar-refractivity contribution is 0.379. The largest absolute Gasteiger partial charge is 0.349 e. The minimum Gasteiger partial charge on any atom is -0.349 e. The number of alkyl halides is 1. The van der Waals surface area contributed by atoms with Crippen molar-refractivity contribution >= 4 is 5.95 Å². The zero-order chi connectivity index (χ0) is 19.3. The average molecular weight is 378 g/mol. The van der Waals surface area contributed by atoms with Gasteiger partial charge in [-0.15, -0.1) is 0 Å². The summed E-state index contributed by atoms with van der Waals surface area (Å²) in [6, 6.07) is 13.2. The summed E-state index contributed by atoms with van der Waals surface area (Å²) in [6.07, 6.45) is 4.70. The van der Waals surface area contributed by atoms with Crippen LogP contribution in [0.5, 0.6) is 0 Å². The van der Waals surface area contributed by atoms with E-state index in [9.17, 15) is 8.78 Å². The number of hydrogen-bond acceptors (Lipinski definition) is 5. The van der Waals surface area contributed by atoms with Crippen molar-refractivity contribution < 1.29 is 8.78 Å². The second kappa shape index (κ2) is 7.91. The van der Waals surface area contributed by atoms with Crippen LogP contribution in [0.15, 0.2) is 67.3 Å². The Morgan fingerprint density at radius 1 is 0.929 bits per heavy atom. The first-order valence-corrected chi connectivity index (χ1v) is 8.59. The first-order valence-electron chi connectivity index (χ1n) is 8.59. The first-order chi connectivity index (χ1) is 13.7. The number of nitrogens with one attached hydrogen (secondary N) is 1. The van der Waals surface area contributed by atoms with Crippen molar-refractivity contribution in [2.75, 3.05) is 5.32 Å². The zero-order valence-corrected chi connectivity index (χ0v) is 14.8. The average Bonchev–Trinajstić information content (AvgIpc) is 3.18. The Bertz CT molecular complexity index is 1060. The van der Waals surface area contributed by atoms with Crippen LogP contribution in [-0.4, -0.2) is 24.5 Å². The second-order valence-corrected chi connectivity index (χ2v) is 5.98. The van der Waals surface area contributed by atoms with Gasteiger partial charge in [0.25, 0.3) is 0 Å². The van der Waals surface area contributed by atoms with Gasteiger partial charge in [-0.2, -0.15) is 0 Å². The summed E-state index contributed by atoms with van der Waals surface area (Å²) < 4.78 is 28.1. The maximum Gasteiger partial charge on any atom is 0.223 e. The molecule has 4 aromatic rings. The number of benzene rings is 1. The number of halogens is 2. The lowest BCUT2D eigenvalue weighted by atomic mass is 10.1. The Labute approximate surface area is 160 Å². The number of rotatable bonds is 6. The number of anilines is 1. The van der Waals surface area contributed by atoms with Gasteiger partial charge in [-0.05, 0) is 42.5 Å². The van der Waals surface area contributed by atoms with E-state index in [-0.39, 0.29) is 5.82 Å². The highest BCUT2D eigenvalue weighted by Crippen LogP contribution is 2.30. The molecule has 28 heavy (non-hydrogen) atoms. The van der Waals surface area contributed by atoms with Crippen LogP contribution in [0.25, 0.3) is 22.6 Å². The molecule has 0 spiro atoms. The summed E-state index contributed by atoms with van der Waals surface area (Å²) in [5.41, 5.74) is 3.04. The molecule has 0 bridgehead atoms. The van der Waals surface area contributed by atoms with E-state index in [1.807, 2.05) is 18.2 Å². The molecule has 0 radical (unpaired) electrons. The smallest absolute Gasteiger partial charge is 0.223 e. The van der Waals surface area contributed by atoms with Crippen molar-refractivity contribution in [1.29, 1.82) is 0 Å². The van der Waals surface area contributed by atoms with Gasteiger partial charge in [0.1, 0.15) is 5.82 Å². The quantitative estimate of drug-likeness (QED) is 0.548. The highest BCUT2D eigenvalue weighted by Gasteiger charge is 2.17. The fourth-order valence-electron chi connectivity index (χ4n) is 2.81. The minimum atomic E-state index is -0.760. The summed E-state index contributed by atoms with van der Waals surface area (Å²) >= 11 is 0. The number of aromatic nitrogens is 5. The van der Waals surface area contributed by atoms with Gasteiger partial charge in [0, 0.05) is 18.0 Å². The number of hydrogen-bond donors (Lipinski definition) is 1. The predicted octanol–water partition coefficient (Wildman–Crippen LogP) is 4.08. The molecule has 1 N–H and O–H groups in total. The van der Waals surface area contributed by atoms with Crippen LogP contribution in [0, 0.1) is 5.82 Å². The van der Waals surface area contributed by atoms with Gasteiger partial charge in [-0.1, -0.05) is 6.07 Å². The highest BCUT2D eigenvalue weighted by atomic mass is 19.1. The molecule has 3 heterocycles. The Hall–Kier alpha value is -3.68. The lowest BCUT2D eigenvalue weighted by Crippen LogP contribution is -2.06. The van der Waals surface area contributed by atoms with Gasteiger partial charge in [0.2, 0.25) is 5.95 Å². The molecule has 0 saturated heterocycles.